The van der Waals surface area contributed by atoms with E-state index < -0.39 is 0 Å². The Morgan fingerprint density at radius 1 is 1.12 bits per heavy atom. The summed E-state index contributed by atoms with van der Waals surface area (Å²) in [6.45, 7) is 8.11. The van der Waals surface area contributed by atoms with Crippen LogP contribution in [0.2, 0.25) is 0 Å². The van der Waals surface area contributed by atoms with Gasteiger partial charge in [-0.2, -0.15) is 5.10 Å². The van der Waals surface area contributed by atoms with Crippen molar-refractivity contribution in [3.8, 4) is 28.3 Å². The van der Waals surface area contributed by atoms with Crippen LogP contribution in [0.3, 0.4) is 0 Å². The van der Waals surface area contributed by atoms with Crippen molar-refractivity contribution in [1.29, 1.82) is 0 Å². The van der Waals surface area contributed by atoms with Gasteiger partial charge in [0.1, 0.15) is 11.4 Å². The van der Waals surface area contributed by atoms with Crippen molar-refractivity contribution in [2.24, 2.45) is 0 Å². The Morgan fingerprint density at radius 3 is 2.65 bits per heavy atom. The molecule has 174 valence electrons. The highest BCUT2D eigenvalue weighted by Crippen LogP contribution is 2.40. The van der Waals surface area contributed by atoms with E-state index in [2.05, 4.69) is 54.5 Å². The van der Waals surface area contributed by atoms with Gasteiger partial charge in [0.2, 0.25) is 0 Å². The number of anilines is 1. The van der Waals surface area contributed by atoms with Gasteiger partial charge in [-0.1, -0.05) is 29.4 Å². The minimum Gasteiger partial charge on any atom is -0.495 e. The van der Waals surface area contributed by atoms with Crippen molar-refractivity contribution in [2.45, 2.75) is 46.1 Å². The predicted molar refractivity (Wildman–Crippen MR) is 131 cm³/mol. The first kappa shape index (κ1) is 21.9. The molecule has 0 unspecified atom stereocenters. The van der Waals surface area contributed by atoms with Crippen LogP contribution in [0.1, 0.15) is 48.1 Å². The Hall–Kier alpha value is -3.87. The van der Waals surface area contributed by atoms with Crippen LogP contribution < -0.4 is 10.1 Å². The van der Waals surface area contributed by atoms with Crippen LogP contribution in [-0.2, 0) is 18.4 Å². The Morgan fingerprint density at radius 2 is 1.91 bits per heavy atom. The van der Waals surface area contributed by atoms with Gasteiger partial charge in [-0.25, -0.2) is 0 Å². The number of carbonyl (C=O) groups is 1. The van der Waals surface area contributed by atoms with E-state index in [0.29, 0.717) is 17.1 Å². The van der Waals surface area contributed by atoms with Gasteiger partial charge in [0, 0.05) is 22.4 Å². The summed E-state index contributed by atoms with van der Waals surface area (Å²) in [6.07, 6.45) is 1.79. The molecule has 0 bridgehead atoms. The Kier molecular flexibility index (Phi) is 5.27. The third kappa shape index (κ3) is 3.77. The molecule has 7 nitrogen and oxygen atoms in total. The average molecular weight is 457 g/mol. The van der Waals surface area contributed by atoms with E-state index in [4.69, 9.17) is 9.26 Å². The molecule has 0 saturated heterocycles. The molecule has 0 radical (unpaired) electrons. The van der Waals surface area contributed by atoms with E-state index in [1.165, 1.54) is 5.56 Å². The van der Waals surface area contributed by atoms with Gasteiger partial charge in [-0.3, -0.25) is 9.48 Å². The van der Waals surface area contributed by atoms with Crippen molar-refractivity contribution in [2.75, 3.05) is 12.4 Å². The number of nitrogens with one attached hydrogen (secondary N) is 1. The van der Waals surface area contributed by atoms with Crippen LogP contribution in [0.4, 0.5) is 5.69 Å². The summed E-state index contributed by atoms with van der Waals surface area (Å²) in [7, 11) is 1.58. The van der Waals surface area contributed by atoms with Crippen LogP contribution in [0.5, 0.6) is 5.75 Å². The normalized spacial score (nSPS) is 12.7. The van der Waals surface area contributed by atoms with Crippen LogP contribution in [0.25, 0.3) is 22.6 Å². The number of amides is 1. The number of aromatic nitrogens is 3. The van der Waals surface area contributed by atoms with Gasteiger partial charge in [-0.05, 0) is 70.4 Å². The standard InChI is InChI=1S/C27H28N4O3/c1-16-14-22(29-31(16)27(2,3)4)26(32)28-21-15-18(11-13-23(21)33-5)25-20-12-10-17-8-6-7-9-19(17)24(20)30-34-25/h6-9,11,13-15H,10,12H2,1-5H3,(H,28,32). The first-order chi connectivity index (χ1) is 16.3. The summed E-state index contributed by atoms with van der Waals surface area (Å²) < 4.78 is 13.2. The van der Waals surface area contributed by atoms with E-state index in [9.17, 15) is 4.79 Å². The fourth-order valence-corrected chi connectivity index (χ4v) is 4.61. The molecule has 34 heavy (non-hydrogen) atoms. The van der Waals surface area contributed by atoms with Gasteiger partial charge in [0.05, 0.1) is 18.3 Å². The molecular formula is C27H28N4O3. The minimum absolute atomic E-state index is 0.218. The van der Waals surface area contributed by atoms with Gasteiger partial charge in [-0.15, -0.1) is 0 Å². The van der Waals surface area contributed by atoms with Crippen molar-refractivity contribution in [1.82, 2.24) is 14.9 Å². The zero-order valence-electron chi connectivity index (χ0n) is 20.1. The number of hydrogen-bond acceptors (Lipinski definition) is 5. The summed E-state index contributed by atoms with van der Waals surface area (Å²) in [4.78, 5) is 13.1. The zero-order valence-corrected chi connectivity index (χ0v) is 20.1. The summed E-state index contributed by atoms with van der Waals surface area (Å²) >= 11 is 0. The Labute approximate surface area is 198 Å². The summed E-state index contributed by atoms with van der Waals surface area (Å²) in [5, 5.41) is 11.9. The number of hydrogen-bond donors (Lipinski definition) is 1. The van der Waals surface area contributed by atoms with Gasteiger partial charge < -0.3 is 14.6 Å². The third-order valence-electron chi connectivity index (χ3n) is 6.17. The van der Waals surface area contributed by atoms with Crippen LogP contribution in [-0.4, -0.2) is 28.0 Å². The molecule has 0 saturated carbocycles. The molecule has 4 aromatic rings. The summed E-state index contributed by atoms with van der Waals surface area (Å²) in [6, 6.07) is 15.7. The maximum atomic E-state index is 13.1. The highest BCUT2D eigenvalue weighted by atomic mass is 16.5. The van der Waals surface area contributed by atoms with E-state index >= 15 is 0 Å². The largest absolute Gasteiger partial charge is 0.495 e. The fourth-order valence-electron chi connectivity index (χ4n) is 4.61. The maximum absolute atomic E-state index is 13.1. The van der Waals surface area contributed by atoms with Crippen molar-refractivity contribution >= 4 is 11.6 Å². The van der Waals surface area contributed by atoms with E-state index in [0.717, 1.165) is 46.7 Å². The quantitative estimate of drug-likeness (QED) is 0.430. The first-order valence-corrected chi connectivity index (χ1v) is 11.4. The number of fused-ring (bicyclic) bond motifs is 3. The van der Waals surface area contributed by atoms with Crippen LogP contribution in [0, 0.1) is 6.92 Å². The smallest absolute Gasteiger partial charge is 0.276 e. The average Bonchev–Trinajstić information content (AvgIpc) is 3.43. The van der Waals surface area contributed by atoms with Crippen molar-refractivity contribution in [3.05, 3.63) is 71.0 Å². The minimum atomic E-state index is -0.296. The second-order valence-corrected chi connectivity index (χ2v) is 9.62. The second kappa shape index (κ2) is 8.17. The predicted octanol–water partition coefficient (Wildman–Crippen LogP) is 5.63. The molecule has 2 aromatic carbocycles. The lowest BCUT2D eigenvalue weighted by molar-refractivity contribution is 0.102. The summed E-state index contributed by atoms with van der Waals surface area (Å²) in [5.41, 5.74) is 6.81. The fraction of sp³-hybridized carbons (Fsp3) is 0.296. The van der Waals surface area contributed by atoms with Crippen molar-refractivity contribution in [3.63, 3.8) is 0 Å². The number of methoxy groups -OCH3 is 1. The number of aryl methyl sites for hydroxylation is 2. The molecule has 7 heteroatoms. The molecule has 2 aromatic heterocycles. The van der Waals surface area contributed by atoms with E-state index in [-0.39, 0.29) is 11.4 Å². The number of benzene rings is 2. The molecule has 1 aliphatic rings. The number of nitrogens with zero attached hydrogens (tertiary/aromatic N) is 3. The summed E-state index contributed by atoms with van der Waals surface area (Å²) in [5.74, 6) is 0.980. The molecular weight excluding hydrogens is 428 g/mol. The van der Waals surface area contributed by atoms with Gasteiger partial charge >= 0.3 is 0 Å². The molecule has 1 aliphatic carbocycles. The third-order valence-corrected chi connectivity index (χ3v) is 6.17. The molecule has 2 heterocycles. The lowest BCUT2D eigenvalue weighted by Gasteiger charge is -2.21. The highest BCUT2D eigenvalue weighted by Gasteiger charge is 2.26. The monoisotopic (exact) mass is 456 g/mol. The van der Waals surface area contributed by atoms with Gasteiger partial charge in [0.25, 0.3) is 5.91 Å². The number of rotatable bonds is 4. The second-order valence-electron chi connectivity index (χ2n) is 9.62. The highest BCUT2D eigenvalue weighted by molar-refractivity contribution is 6.04. The maximum Gasteiger partial charge on any atom is 0.276 e. The SMILES string of the molecule is COc1ccc(-c2onc3c2CCc2ccccc2-3)cc1NC(=O)c1cc(C)n(C(C)(C)C)n1. The lowest BCUT2D eigenvalue weighted by Crippen LogP contribution is -2.25. The van der Waals surface area contributed by atoms with Gasteiger partial charge in [0.15, 0.2) is 11.5 Å². The lowest BCUT2D eigenvalue weighted by atomic mass is 9.88. The number of ether oxygens (including phenoxy) is 1. The molecule has 5 rings (SSSR count). The topological polar surface area (TPSA) is 82.2 Å². The molecule has 1 amide bonds. The van der Waals surface area contributed by atoms with E-state index in [1.54, 1.807) is 13.2 Å². The van der Waals surface area contributed by atoms with E-state index in [1.807, 2.05) is 35.9 Å². The molecule has 0 aliphatic heterocycles. The Bertz CT molecular complexity index is 1390. The molecule has 0 spiro atoms. The molecule has 0 atom stereocenters. The molecule has 1 N–H and O–H groups in total. The van der Waals surface area contributed by atoms with Crippen LogP contribution in [0.15, 0.2) is 53.1 Å². The first-order valence-electron chi connectivity index (χ1n) is 11.4. The number of carbonyl (C=O) groups excluding carboxylic acids is 1. The Balaban J connectivity index is 1.48. The van der Waals surface area contributed by atoms with Crippen LogP contribution >= 0.6 is 0 Å². The van der Waals surface area contributed by atoms with Crippen molar-refractivity contribution < 1.29 is 14.1 Å². The molecule has 0 fully saturated rings. The zero-order chi connectivity index (χ0) is 24.0.